The maximum atomic E-state index is 9.62. The van der Waals surface area contributed by atoms with E-state index < -0.39 is 0 Å². The molecule has 1 unspecified atom stereocenters. The standard InChI is InChI=1S/C17H23N/c1-2-3-4-5-8-12-17(14-18)13-11-15-9-6-7-10-16(15)17/h6-7,9-10H,2-5,8,11-13H2,1H3. The predicted molar refractivity (Wildman–Crippen MR) is 75.4 cm³/mol. The fourth-order valence-corrected chi connectivity index (χ4v) is 3.15. The molecule has 0 radical (unpaired) electrons. The van der Waals surface area contributed by atoms with Crippen molar-refractivity contribution in [2.45, 2.75) is 63.7 Å². The lowest BCUT2D eigenvalue weighted by atomic mass is 9.79. The lowest BCUT2D eigenvalue weighted by Gasteiger charge is -2.22. The molecule has 0 amide bonds. The van der Waals surface area contributed by atoms with Gasteiger partial charge in [0.1, 0.15) is 0 Å². The molecular weight excluding hydrogens is 218 g/mol. The van der Waals surface area contributed by atoms with E-state index in [1.807, 2.05) is 0 Å². The van der Waals surface area contributed by atoms with Crippen molar-refractivity contribution in [2.75, 3.05) is 0 Å². The van der Waals surface area contributed by atoms with Gasteiger partial charge in [0.15, 0.2) is 0 Å². The zero-order valence-corrected chi connectivity index (χ0v) is 11.4. The van der Waals surface area contributed by atoms with E-state index in [0.717, 1.165) is 19.3 Å². The van der Waals surface area contributed by atoms with Gasteiger partial charge in [-0.15, -0.1) is 0 Å². The van der Waals surface area contributed by atoms with Gasteiger partial charge in [0.25, 0.3) is 0 Å². The molecule has 0 N–H and O–H groups in total. The Kier molecular flexibility index (Phi) is 4.42. The Morgan fingerprint density at radius 2 is 1.94 bits per heavy atom. The number of benzene rings is 1. The second-order valence-electron chi connectivity index (χ2n) is 5.52. The van der Waals surface area contributed by atoms with Crippen molar-refractivity contribution in [2.24, 2.45) is 0 Å². The molecule has 96 valence electrons. The van der Waals surface area contributed by atoms with E-state index in [1.54, 1.807) is 0 Å². The van der Waals surface area contributed by atoms with E-state index >= 15 is 0 Å². The molecule has 1 aliphatic rings. The van der Waals surface area contributed by atoms with E-state index in [2.05, 4.69) is 37.3 Å². The minimum Gasteiger partial charge on any atom is -0.197 e. The molecule has 0 heterocycles. The quantitative estimate of drug-likeness (QED) is 0.659. The molecule has 1 heteroatoms. The van der Waals surface area contributed by atoms with E-state index in [1.165, 1.54) is 43.2 Å². The summed E-state index contributed by atoms with van der Waals surface area (Å²) in [5.74, 6) is 0. The third kappa shape index (κ3) is 2.58. The first kappa shape index (κ1) is 13.1. The predicted octanol–water partition coefficient (Wildman–Crippen LogP) is 4.75. The van der Waals surface area contributed by atoms with E-state index in [-0.39, 0.29) is 5.41 Å². The number of nitriles is 1. The van der Waals surface area contributed by atoms with Crippen LogP contribution in [-0.4, -0.2) is 0 Å². The average Bonchev–Trinajstić information content (AvgIpc) is 2.79. The van der Waals surface area contributed by atoms with Crippen LogP contribution in [-0.2, 0) is 11.8 Å². The summed E-state index contributed by atoms with van der Waals surface area (Å²) < 4.78 is 0. The minimum atomic E-state index is -0.178. The van der Waals surface area contributed by atoms with Gasteiger partial charge >= 0.3 is 0 Å². The van der Waals surface area contributed by atoms with Crippen LogP contribution < -0.4 is 0 Å². The van der Waals surface area contributed by atoms with Crippen LogP contribution in [0, 0.1) is 11.3 Å². The molecule has 0 aliphatic heterocycles. The fraction of sp³-hybridized carbons (Fsp3) is 0.588. The maximum Gasteiger partial charge on any atom is 0.0828 e. The van der Waals surface area contributed by atoms with Crippen molar-refractivity contribution in [3.8, 4) is 6.07 Å². The maximum absolute atomic E-state index is 9.62. The van der Waals surface area contributed by atoms with Crippen molar-refractivity contribution < 1.29 is 0 Å². The zero-order valence-electron chi connectivity index (χ0n) is 11.4. The molecule has 0 bridgehead atoms. The zero-order chi connectivity index (χ0) is 12.8. The van der Waals surface area contributed by atoms with Gasteiger partial charge in [0.05, 0.1) is 11.5 Å². The van der Waals surface area contributed by atoms with Crippen LogP contribution in [0.25, 0.3) is 0 Å². The first-order valence-corrected chi connectivity index (χ1v) is 7.32. The first-order valence-electron chi connectivity index (χ1n) is 7.32. The molecule has 1 aromatic rings. The molecule has 1 aliphatic carbocycles. The summed E-state index contributed by atoms with van der Waals surface area (Å²) in [6, 6.07) is 11.1. The van der Waals surface area contributed by atoms with Gasteiger partial charge in [-0.3, -0.25) is 0 Å². The summed E-state index contributed by atoms with van der Waals surface area (Å²) in [6.45, 7) is 2.24. The Balaban J connectivity index is 1.99. The van der Waals surface area contributed by atoms with E-state index in [0.29, 0.717) is 0 Å². The van der Waals surface area contributed by atoms with Gasteiger partial charge in [-0.2, -0.15) is 5.26 Å². The van der Waals surface area contributed by atoms with Gasteiger partial charge < -0.3 is 0 Å². The van der Waals surface area contributed by atoms with Gasteiger partial charge in [-0.1, -0.05) is 63.3 Å². The molecular formula is C17H23N. The Hall–Kier alpha value is -1.29. The number of unbranched alkanes of at least 4 members (excludes halogenated alkanes) is 4. The number of hydrogen-bond acceptors (Lipinski definition) is 1. The first-order chi connectivity index (χ1) is 8.82. The summed E-state index contributed by atoms with van der Waals surface area (Å²) in [5, 5.41) is 9.62. The molecule has 1 atom stereocenters. The summed E-state index contributed by atoms with van der Waals surface area (Å²) >= 11 is 0. The highest BCUT2D eigenvalue weighted by Gasteiger charge is 2.37. The molecule has 0 aromatic heterocycles. The van der Waals surface area contributed by atoms with Crippen LogP contribution in [0.3, 0.4) is 0 Å². The highest BCUT2D eigenvalue weighted by Crippen LogP contribution is 2.42. The highest BCUT2D eigenvalue weighted by atomic mass is 14.4. The number of aryl methyl sites for hydroxylation is 1. The van der Waals surface area contributed by atoms with E-state index in [9.17, 15) is 5.26 Å². The third-order valence-corrected chi connectivity index (χ3v) is 4.28. The average molecular weight is 241 g/mol. The van der Waals surface area contributed by atoms with Crippen LogP contribution in [0.5, 0.6) is 0 Å². The van der Waals surface area contributed by atoms with Crippen LogP contribution in [0.2, 0.25) is 0 Å². The molecule has 0 saturated carbocycles. The smallest absolute Gasteiger partial charge is 0.0828 e. The molecule has 18 heavy (non-hydrogen) atoms. The normalized spacial score (nSPS) is 21.6. The summed E-state index contributed by atoms with van der Waals surface area (Å²) in [4.78, 5) is 0. The van der Waals surface area contributed by atoms with Gasteiger partial charge in [0, 0.05) is 0 Å². The number of rotatable bonds is 6. The van der Waals surface area contributed by atoms with Crippen molar-refractivity contribution in [3.63, 3.8) is 0 Å². The van der Waals surface area contributed by atoms with Crippen molar-refractivity contribution in [3.05, 3.63) is 35.4 Å². The van der Waals surface area contributed by atoms with Crippen LogP contribution in [0.1, 0.15) is 63.0 Å². The van der Waals surface area contributed by atoms with Crippen LogP contribution in [0.15, 0.2) is 24.3 Å². The van der Waals surface area contributed by atoms with E-state index in [4.69, 9.17) is 0 Å². The largest absolute Gasteiger partial charge is 0.197 e. The summed E-state index contributed by atoms with van der Waals surface area (Å²) in [7, 11) is 0. The molecule has 0 fully saturated rings. The minimum absolute atomic E-state index is 0.178. The Morgan fingerprint density at radius 3 is 2.72 bits per heavy atom. The molecule has 2 rings (SSSR count). The monoisotopic (exact) mass is 241 g/mol. The topological polar surface area (TPSA) is 23.8 Å². The SMILES string of the molecule is CCCCCCCC1(C#N)CCc2ccccc21. The summed E-state index contributed by atoms with van der Waals surface area (Å²) in [5.41, 5.74) is 2.53. The molecule has 1 nitrogen and oxygen atoms in total. The number of nitrogens with zero attached hydrogens (tertiary/aromatic N) is 1. The van der Waals surface area contributed by atoms with Crippen LogP contribution >= 0.6 is 0 Å². The Bertz CT molecular complexity index is 429. The second kappa shape index (κ2) is 6.05. The highest BCUT2D eigenvalue weighted by molar-refractivity contribution is 5.43. The van der Waals surface area contributed by atoms with Crippen molar-refractivity contribution >= 4 is 0 Å². The van der Waals surface area contributed by atoms with Gasteiger partial charge in [-0.25, -0.2) is 0 Å². The fourth-order valence-electron chi connectivity index (χ4n) is 3.15. The molecule has 0 spiro atoms. The molecule has 1 aromatic carbocycles. The second-order valence-corrected chi connectivity index (χ2v) is 5.52. The van der Waals surface area contributed by atoms with Crippen molar-refractivity contribution in [1.29, 1.82) is 5.26 Å². The Labute approximate surface area is 111 Å². The number of fused-ring (bicyclic) bond motifs is 1. The number of hydrogen-bond donors (Lipinski definition) is 0. The molecule has 0 saturated heterocycles. The van der Waals surface area contributed by atoms with Gasteiger partial charge in [0.2, 0.25) is 0 Å². The van der Waals surface area contributed by atoms with Crippen molar-refractivity contribution in [1.82, 2.24) is 0 Å². The third-order valence-electron chi connectivity index (χ3n) is 4.28. The Morgan fingerprint density at radius 1 is 1.17 bits per heavy atom. The van der Waals surface area contributed by atoms with Crippen LogP contribution in [0.4, 0.5) is 0 Å². The van der Waals surface area contributed by atoms with Gasteiger partial charge in [-0.05, 0) is 30.4 Å². The summed E-state index contributed by atoms with van der Waals surface area (Å²) in [6.07, 6.45) is 9.56. The lowest BCUT2D eigenvalue weighted by Crippen LogP contribution is -2.20. The lowest BCUT2D eigenvalue weighted by molar-refractivity contribution is 0.461.